The third kappa shape index (κ3) is 3.05. The van der Waals surface area contributed by atoms with Crippen LogP contribution in [0.3, 0.4) is 0 Å². The van der Waals surface area contributed by atoms with E-state index in [1.807, 2.05) is 4.90 Å². The molecule has 1 aliphatic rings. The van der Waals surface area contributed by atoms with Crippen LogP contribution in [0.4, 0.5) is 18.9 Å². The van der Waals surface area contributed by atoms with E-state index in [-0.39, 0.29) is 5.56 Å². The summed E-state index contributed by atoms with van der Waals surface area (Å²) in [6, 6.07) is 3.19. The Morgan fingerprint density at radius 3 is 2.40 bits per heavy atom. The number of anilines is 1. The molecule has 0 spiro atoms. The Morgan fingerprint density at radius 2 is 1.90 bits per heavy atom. The minimum Gasteiger partial charge on any atom is -0.371 e. The lowest BCUT2D eigenvalue weighted by Gasteiger charge is -2.33. The van der Waals surface area contributed by atoms with E-state index in [1.165, 1.54) is 6.07 Å². The number of halogens is 3. The number of piperidine rings is 1. The van der Waals surface area contributed by atoms with Crippen LogP contribution in [0.1, 0.15) is 35.7 Å². The topological polar surface area (TPSA) is 46.3 Å². The zero-order valence-corrected chi connectivity index (χ0v) is 11.2. The fourth-order valence-electron chi connectivity index (χ4n) is 2.43. The van der Waals surface area contributed by atoms with E-state index in [2.05, 4.69) is 6.92 Å². The van der Waals surface area contributed by atoms with Gasteiger partial charge in [-0.15, -0.1) is 0 Å². The molecule has 0 radical (unpaired) electrons. The first-order valence-electron chi connectivity index (χ1n) is 6.55. The molecule has 0 aromatic heterocycles. The van der Waals surface area contributed by atoms with Gasteiger partial charge in [-0.25, -0.2) is 0 Å². The van der Waals surface area contributed by atoms with Crippen molar-refractivity contribution in [1.29, 1.82) is 0 Å². The van der Waals surface area contributed by atoms with Crippen LogP contribution in [0.5, 0.6) is 0 Å². The van der Waals surface area contributed by atoms with Crippen molar-refractivity contribution in [3.63, 3.8) is 0 Å². The highest BCUT2D eigenvalue weighted by atomic mass is 19.4. The van der Waals surface area contributed by atoms with Crippen LogP contribution < -0.4 is 10.6 Å². The Bertz CT molecular complexity index is 506. The quantitative estimate of drug-likeness (QED) is 0.908. The summed E-state index contributed by atoms with van der Waals surface area (Å²) in [5.41, 5.74) is 4.82. The normalized spacial score (nSPS) is 17.3. The molecule has 0 unspecified atom stereocenters. The highest BCUT2D eigenvalue weighted by molar-refractivity contribution is 5.99. The minimum absolute atomic E-state index is 0.0608. The van der Waals surface area contributed by atoms with Gasteiger partial charge in [-0.05, 0) is 37.0 Å². The van der Waals surface area contributed by atoms with Gasteiger partial charge in [-0.2, -0.15) is 13.2 Å². The smallest absolute Gasteiger partial charge is 0.371 e. The number of nitrogens with two attached hydrogens (primary N) is 1. The van der Waals surface area contributed by atoms with Gasteiger partial charge in [-0.3, -0.25) is 4.79 Å². The zero-order valence-electron chi connectivity index (χ0n) is 11.2. The van der Waals surface area contributed by atoms with Crippen LogP contribution in [-0.4, -0.2) is 19.0 Å². The number of carbonyl (C=O) groups excluding carboxylic acids is 1. The molecule has 0 bridgehead atoms. The molecule has 2 rings (SSSR count). The summed E-state index contributed by atoms with van der Waals surface area (Å²) in [6.07, 6.45) is -2.56. The van der Waals surface area contributed by atoms with E-state index in [9.17, 15) is 18.0 Å². The van der Waals surface area contributed by atoms with Crippen LogP contribution in [0.15, 0.2) is 18.2 Å². The average Bonchev–Trinajstić information content (AvgIpc) is 2.38. The highest BCUT2D eigenvalue weighted by Crippen LogP contribution is 2.34. The number of nitrogens with zero attached hydrogens (tertiary/aromatic N) is 1. The van der Waals surface area contributed by atoms with Crippen molar-refractivity contribution in [2.45, 2.75) is 25.9 Å². The van der Waals surface area contributed by atoms with E-state index in [4.69, 9.17) is 5.73 Å². The van der Waals surface area contributed by atoms with Crippen molar-refractivity contribution >= 4 is 11.6 Å². The molecule has 3 nitrogen and oxygen atoms in total. The first-order chi connectivity index (χ1) is 9.29. The third-order valence-electron chi connectivity index (χ3n) is 3.71. The van der Waals surface area contributed by atoms with Gasteiger partial charge in [0, 0.05) is 18.8 Å². The van der Waals surface area contributed by atoms with E-state index in [0.717, 1.165) is 38.1 Å². The first-order valence-corrected chi connectivity index (χ1v) is 6.55. The number of amides is 1. The van der Waals surface area contributed by atoms with Gasteiger partial charge in [0.25, 0.3) is 5.91 Å². The largest absolute Gasteiger partial charge is 0.416 e. The number of benzene rings is 1. The first kappa shape index (κ1) is 14.7. The monoisotopic (exact) mass is 286 g/mol. The van der Waals surface area contributed by atoms with Gasteiger partial charge >= 0.3 is 6.18 Å². The fraction of sp³-hybridized carbons (Fsp3) is 0.500. The molecule has 1 aromatic carbocycles. The molecule has 1 fully saturated rings. The lowest BCUT2D eigenvalue weighted by atomic mass is 9.97. The van der Waals surface area contributed by atoms with Crippen LogP contribution in [-0.2, 0) is 6.18 Å². The lowest BCUT2D eigenvalue weighted by Crippen LogP contribution is -2.34. The van der Waals surface area contributed by atoms with Gasteiger partial charge < -0.3 is 10.6 Å². The summed E-state index contributed by atoms with van der Waals surface area (Å²) in [6.45, 7) is 3.60. The second-order valence-corrected chi connectivity index (χ2v) is 5.26. The Kier molecular flexibility index (Phi) is 3.92. The molecular formula is C14H17F3N2O. The molecule has 2 N–H and O–H groups in total. The lowest BCUT2D eigenvalue weighted by molar-refractivity contribution is -0.137. The molecular weight excluding hydrogens is 269 g/mol. The summed E-state index contributed by atoms with van der Waals surface area (Å²) < 4.78 is 38.1. The van der Waals surface area contributed by atoms with Gasteiger partial charge in [0.05, 0.1) is 11.1 Å². The molecule has 20 heavy (non-hydrogen) atoms. The maximum Gasteiger partial charge on any atom is 0.416 e. The van der Waals surface area contributed by atoms with E-state index < -0.39 is 17.6 Å². The molecule has 1 heterocycles. The van der Waals surface area contributed by atoms with E-state index in [0.29, 0.717) is 11.6 Å². The second kappa shape index (κ2) is 5.34. The van der Waals surface area contributed by atoms with Crippen LogP contribution >= 0.6 is 0 Å². The van der Waals surface area contributed by atoms with Crippen LogP contribution in [0, 0.1) is 5.92 Å². The Labute approximate surface area is 115 Å². The number of alkyl halides is 3. The number of rotatable bonds is 2. The molecule has 6 heteroatoms. The second-order valence-electron chi connectivity index (χ2n) is 5.26. The van der Waals surface area contributed by atoms with Crippen molar-refractivity contribution in [3.05, 3.63) is 29.3 Å². The summed E-state index contributed by atoms with van der Waals surface area (Å²) in [4.78, 5) is 13.4. The maximum absolute atomic E-state index is 12.7. The predicted molar refractivity (Wildman–Crippen MR) is 70.6 cm³/mol. The zero-order chi connectivity index (χ0) is 14.9. The Hall–Kier alpha value is -1.72. The van der Waals surface area contributed by atoms with Crippen molar-refractivity contribution in [3.8, 4) is 0 Å². The molecule has 110 valence electrons. The molecule has 0 saturated carbocycles. The summed E-state index contributed by atoms with van der Waals surface area (Å²) >= 11 is 0. The fourth-order valence-corrected chi connectivity index (χ4v) is 2.43. The number of carbonyl (C=O) groups is 1. The average molecular weight is 286 g/mol. The van der Waals surface area contributed by atoms with Gasteiger partial charge in [0.2, 0.25) is 0 Å². The summed E-state index contributed by atoms with van der Waals surface area (Å²) in [7, 11) is 0. The number of hydrogen-bond donors (Lipinski definition) is 1. The minimum atomic E-state index is -4.47. The third-order valence-corrected chi connectivity index (χ3v) is 3.71. The van der Waals surface area contributed by atoms with Crippen molar-refractivity contribution in [2.24, 2.45) is 11.7 Å². The van der Waals surface area contributed by atoms with E-state index in [1.54, 1.807) is 0 Å². The maximum atomic E-state index is 12.7. The summed E-state index contributed by atoms with van der Waals surface area (Å²) in [5, 5.41) is 0. The molecule has 0 atom stereocenters. The number of primary amides is 1. The molecule has 1 aliphatic heterocycles. The highest BCUT2D eigenvalue weighted by Gasteiger charge is 2.32. The van der Waals surface area contributed by atoms with Crippen LogP contribution in [0.2, 0.25) is 0 Å². The van der Waals surface area contributed by atoms with Gasteiger partial charge in [0.1, 0.15) is 0 Å². The molecule has 0 aliphatic carbocycles. The molecule has 1 amide bonds. The van der Waals surface area contributed by atoms with Gasteiger partial charge in [-0.1, -0.05) is 6.92 Å². The summed E-state index contributed by atoms with van der Waals surface area (Å²) in [5.74, 6) is -0.234. The Balaban J connectivity index is 2.36. The van der Waals surface area contributed by atoms with Crippen molar-refractivity contribution in [1.82, 2.24) is 0 Å². The van der Waals surface area contributed by atoms with Gasteiger partial charge in [0.15, 0.2) is 0 Å². The molecule has 1 saturated heterocycles. The standard InChI is InChI=1S/C14H17F3N2O/c1-9-4-6-19(7-5-9)12-3-2-10(14(15,16)17)8-11(12)13(18)20/h2-3,8-9H,4-7H2,1H3,(H2,18,20). The van der Waals surface area contributed by atoms with Crippen molar-refractivity contribution in [2.75, 3.05) is 18.0 Å². The predicted octanol–water partition coefficient (Wildman–Crippen LogP) is 3.04. The van der Waals surface area contributed by atoms with E-state index >= 15 is 0 Å². The Morgan fingerprint density at radius 1 is 1.30 bits per heavy atom. The number of hydrogen-bond acceptors (Lipinski definition) is 2. The SMILES string of the molecule is CC1CCN(c2ccc(C(F)(F)F)cc2C(N)=O)CC1. The van der Waals surface area contributed by atoms with Crippen LogP contribution in [0.25, 0.3) is 0 Å². The van der Waals surface area contributed by atoms with Crippen molar-refractivity contribution < 1.29 is 18.0 Å². The molecule has 1 aromatic rings.